The summed E-state index contributed by atoms with van der Waals surface area (Å²) < 4.78 is 6.12. The van der Waals surface area contributed by atoms with Crippen LogP contribution in [0.2, 0.25) is 0 Å². The largest absolute Gasteiger partial charge is 0.467 e. The molecule has 1 N–H and O–H groups in total. The average molecular weight is 239 g/mol. The molecule has 6 nitrogen and oxygen atoms in total. The van der Waals surface area contributed by atoms with E-state index >= 15 is 0 Å². The van der Waals surface area contributed by atoms with Gasteiger partial charge in [0.15, 0.2) is 5.82 Å². The van der Waals surface area contributed by atoms with Crippen LogP contribution >= 0.6 is 0 Å². The van der Waals surface area contributed by atoms with Gasteiger partial charge in [-0.3, -0.25) is 4.79 Å². The quantitative estimate of drug-likeness (QED) is 0.763. The molecule has 17 heavy (non-hydrogen) atoms. The highest BCUT2D eigenvalue weighted by molar-refractivity contribution is 5.78. The fourth-order valence-corrected chi connectivity index (χ4v) is 1.40. The Balaban J connectivity index is 2.88. The summed E-state index contributed by atoms with van der Waals surface area (Å²) in [5.74, 6) is -0.268. The molecular formula is C11H17N3O3. The van der Waals surface area contributed by atoms with Gasteiger partial charge in [-0.15, -0.1) is 0 Å². The first-order chi connectivity index (χ1) is 8.10. The van der Waals surface area contributed by atoms with Crippen molar-refractivity contribution >= 4 is 11.8 Å². The van der Waals surface area contributed by atoms with E-state index in [0.717, 1.165) is 6.42 Å². The first kappa shape index (κ1) is 13.2. The number of hydrogen-bond donors (Lipinski definition) is 1. The van der Waals surface area contributed by atoms with Crippen LogP contribution in [-0.4, -0.2) is 28.7 Å². The van der Waals surface area contributed by atoms with E-state index in [1.54, 1.807) is 17.7 Å². The van der Waals surface area contributed by atoms with Crippen molar-refractivity contribution in [2.75, 3.05) is 12.4 Å². The topological polar surface area (TPSA) is 73.2 Å². The number of rotatable bonds is 5. The first-order valence-electron chi connectivity index (χ1n) is 5.50. The Labute approximate surface area is 99.6 Å². The Morgan fingerprint density at radius 3 is 2.94 bits per heavy atom. The van der Waals surface area contributed by atoms with E-state index in [9.17, 15) is 9.59 Å². The lowest BCUT2D eigenvalue weighted by atomic mass is 10.3. The van der Waals surface area contributed by atoms with Crippen LogP contribution < -0.4 is 10.9 Å². The third-order valence-corrected chi connectivity index (χ3v) is 2.29. The molecule has 0 aromatic carbocycles. The monoisotopic (exact) mass is 239 g/mol. The zero-order valence-corrected chi connectivity index (χ0v) is 10.3. The predicted molar refractivity (Wildman–Crippen MR) is 63.9 cm³/mol. The minimum absolute atomic E-state index is 0.166. The Morgan fingerprint density at radius 2 is 2.35 bits per heavy atom. The fourth-order valence-electron chi connectivity index (χ4n) is 1.40. The summed E-state index contributed by atoms with van der Waals surface area (Å²) in [6.07, 6.45) is 4.01. The number of anilines is 1. The van der Waals surface area contributed by atoms with Gasteiger partial charge in [-0.1, -0.05) is 6.92 Å². The van der Waals surface area contributed by atoms with Crippen molar-refractivity contribution in [3.63, 3.8) is 0 Å². The zero-order valence-electron chi connectivity index (χ0n) is 10.3. The number of hydrogen-bond acceptors (Lipinski definition) is 5. The number of methoxy groups -OCH3 is 1. The van der Waals surface area contributed by atoms with Crippen LogP contribution in [0.15, 0.2) is 17.2 Å². The van der Waals surface area contributed by atoms with Crippen molar-refractivity contribution < 1.29 is 9.53 Å². The molecule has 0 amide bonds. The van der Waals surface area contributed by atoms with Gasteiger partial charge in [0.2, 0.25) is 0 Å². The van der Waals surface area contributed by atoms with Crippen LogP contribution in [0.4, 0.5) is 5.82 Å². The van der Waals surface area contributed by atoms with Crippen molar-refractivity contribution in [2.45, 2.75) is 32.9 Å². The number of carbonyl (C=O) groups is 1. The standard InChI is InChI=1S/C11H17N3O3/c1-4-6-14-7-5-12-9(10(14)15)13-8(2)11(16)17-3/h5,7-8H,4,6H2,1-3H3,(H,12,13). The van der Waals surface area contributed by atoms with Gasteiger partial charge in [0.05, 0.1) is 7.11 Å². The third kappa shape index (κ3) is 3.30. The van der Waals surface area contributed by atoms with Crippen LogP contribution in [-0.2, 0) is 16.1 Å². The number of aromatic nitrogens is 2. The molecule has 0 bridgehead atoms. The Bertz CT molecular complexity index is 442. The van der Waals surface area contributed by atoms with E-state index in [1.165, 1.54) is 13.3 Å². The molecule has 0 radical (unpaired) electrons. The minimum Gasteiger partial charge on any atom is -0.467 e. The lowest BCUT2D eigenvalue weighted by Crippen LogP contribution is -2.32. The molecule has 1 unspecified atom stereocenters. The van der Waals surface area contributed by atoms with Gasteiger partial charge in [-0.25, -0.2) is 9.78 Å². The maximum Gasteiger partial charge on any atom is 0.328 e. The summed E-state index contributed by atoms with van der Waals surface area (Å²) in [7, 11) is 1.30. The average Bonchev–Trinajstić information content (AvgIpc) is 2.33. The SMILES string of the molecule is CCCn1ccnc(NC(C)C(=O)OC)c1=O. The van der Waals surface area contributed by atoms with Gasteiger partial charge in [0, 0.05) is 18.9 Å². The summed E-state index contributed by atoms with van der Waals surface area (Å²) in [5, 5.41) is 2.74. The van der Waals surface area contributed by atoms with E-state index in [-0.39, 0.29) is 11.4 Å². The van der Waals surface area contributed by atoms with E-state index in [1.807, 2.05) is 6.92 Å². The molecular weight excluding hydrogens is 222 g/mol. The Morgan fingerprint density at radius 1 is 1.65 bits per heavy atom. The highest BCUT2D eigenvalue weighted by atomic mass is 16.5. The number of carbonyl (C=O) groups excluding carboxylic acids is 1. The smallest absolute Gasteiger partial charge is 0.328 e. The van der Waals surface area contributed by atoms with E-state index in [4.69, 9.17) is 0 Å². The number of nitrogens with zero attached hydrogens (tertiary/aromatic N) is 2. The fraction of sp³-hybridized carbons (Fsp3) is 0.545. The molecule has 1 rings (SSSR count). The highest BCUT2D eigenvalue weighted by Gasteiger charge is 2.15. The molecule has 0 saturated heterocycles. The number of ether oxygens (including phenoxy) is 1. The first-order valence-corrected chi connectivity index (χ1v) is 5.50. The van der Waals surface area contributed by atoms with Crippen molar-refractivity contribution in [3.8, 4) is 0 Å². The van der Waals surface area contributed by atoms with Gasteiger partial charge in [-0.05, 0) is 13.3 Å². The summed E-state index contributed by atoms with van der Waals surface area (Å²) >= 11 is 0. The molecule has 6 heteroatoms. The van der Waals surface area contributed by atoms with Crippen LogP contribution in [0, 0.1) is 0 Å². The van der Waals surface area contributed by atoms with Gasteiger partial charge < -0.3 is 14.6 Å². The maximum atomic E-state index is 11.9. The number of esters is 1. The van der Waals surface area contributed by atoms with Crippen molar-refractivity contribution in [1.82, 2.24) is 9.55 Å². The normalized spacial score (nSPS) is 11.9. The van der Waals surface area contributed by atoms with Crippen molar-refractivity contribution in [1.29, 1.82) is 0 Å². The van der Waals surface area contributed by atoms with E-state index in [0.29, 0.717) is 6.54 Å². The summed E-state index contributed by atoms with van der Waals surface area (Å²) in [4.78, 5) is 27.0. The van der Waals surface area contributed by atoms with E-state index < -0.39 is 12.0 Å². The van der Waals surface area contributed by atoms with Gasteiger partial charge >= 0.3 is 5.97 Å². The lowest BCUT2D eigenvalue weighted by molar-refractivity contribution is -0.141. The minimum atomic E-state index is -0.599. The van der Waals surface area contributed by atoms with Crippen LogP contribution in [0.5, 0.6) is 0 Å². The van der Waals surface area contributed by atoms with Crippen molar-refractivity contribution in [2.24, 2.45) is 0 Å². The van der Waals surface area contributed by atoms with Gasteiger partial charge in [0.25, 0.3) is 5.56 Å². The summed E-state index contributed by atoms with van der Waals surface area (Å²) in [6.45, 7) is 4.23. The molecule has 1 aromatic heterocycles. The molecule has 94 valence electrons. The second-order valence-corrected chi connectivity index (χ2v) is 3.66. The molecule has 1 aromatic rings. The third-order valence-electron chi connectivity index (χ3n) is 2.29. The summed E-state index contributed by atoms with van der Waals surface area (Å²) in [6, 6.07) is -0.599. The number of aryl methyl sites for hydroxylation is 1. The second kappa shape index (κ2) is 6.03. The Hall–Kier alpha value is -1.85. The summed E-state index contributed by atoms with van der Waals surface area (Å²) in [5.41, 5.74) is -0.231. The molecule has 1 heterocycles. The number of nitrogens with one attached hydrogen (secondary N) is 1. The molecule has 0 spiro atoms. The van der Waals surface area contributed by atoms with Crippen LogP contribution in [0.3, 0.4) is 0 Å². The molecule has 0 aliphatic carbocycles. The molecule has 1 atom stereocenters. The van der Waals surface area contributed by atoms with Crippen molar-refractivity contribution in [3.05, 3.63) is 22.7 Å². The molecule has 0 saturated carbocycles. The lowest BCUT2D eigenvalue weighted by Gasteiger charge is -2.12. The second-order valence-electron chi connectivity index (χ2n) is 3.66. The predicted octanol–water partition coefficient (Wildman–Crippen LogP) is 0.627. The van der Waals surface area contributed by atoms with Gasteiger partial charge in [-0.2, -0.15) is 0 Å². The van der Waals surface area contributed by atoms with Crippen LogP contribution in [0.25, 0.3) is 0 Å². The zero-order chi connectivity index (χ0) is 12.8. The van der Waals surface area contributed by atoms with Crippen LogP contribution in [0.1, 0.15) is 20.3 Å². The molecule has 0 aliphatic heterocycles. The molecule has 0 fully saturated rings. The Kier molecular flexibility index (Phi) is 4.68. The highest BCUT2D eigenvalue weighted by Crippen LogP contribution is 1.99. The molecule has 0 aliphatic rings. The van der Waals surface area contributed by atoms with Gasteiger partial charge in [0.1, 0.15) is 6.04 Å². The van der Waals surface area contributed by atoms with E-state index in [2.05, 4.69) is 15.0 Å². The maximum absolute atomic E-state index is 11.9.